The van der Waals surface area contributed by atoms with Gasteiger partial charge in [0.2, 0.25) is 0 Å². The Bertz CT molecular complexity index is 522. The summed E-state index contributed by atoms with van der Waals surface area (Å²) >= 11 is 3.59. The molecule has 1 aromatic heterocycles. The molecule has 0 bridgehead atoms. The van der Waals surface area contributed by atoms with Gasteiger partial charge in [0.1, 0.15) is 0 Å². The fraction of sp³-hybridized carbons (Fsp3) is 0.231. The maximum absolute atomic E-state index is 5.96. The Morgan fingerprint density at radius 3 is 2.19 bits per heavy atom. The molecule has 0 aliphatic carbocycles. The molecule has 1 aromatic carbocycles. The quantitative estimate of drug-likeness (QED) is 0.792. The van der Waals surface area contributed by atoms with E-state index in [1.54, 1.807) is 0 Å². The number of benzene rings is 1. The fourth-order valence-corrected chi connectivity index (χ4v) is 2.53. The van der Waals surface area contributed by atoms with E-state index in [0.717, 1.165) is 21.4 Å². The minimum atomic E-state index is 0.825. The number of hydrogen-bond acceptors (Lipinski definition) is 1. The lowest BCUT2D eigenvalue weighted by molar-refractivity contribution is 0.960. The molecule has 0 unspecified atom stereocenters. The first-order valence-corrected chi connectivity index (χ1v) is 6.01. The van der Waals surface area contributed by atoms with E-state index in [-0.39, 0.29) is 0 Å². The van der Waals surface area contributed by atoms with Crippen LogP contribution in [0.25, 0.3) is 5.69 Å². The molecular formula is C13H15BrN2. The third-order valence-electron chi connectivity index (χ3n) is 2.85. The maximum Gasteiger partial charge on any atom is 0.0617 e. The van der Waals surface area contributed by atoms with E-state index >= 15 is 0 Å². The summed E-state index contributed by atoms with van der Waals surface area (Å²) in [7, 11) is 0. The molecule has 2 nitrogen and oxygen atoms in total. The molecule has 0 aliphatic heterocycles. The Balaban J connectivity index is 2.69. The number of nitrogen functional groups attached to an aromatic ring is 1. The third-order valence-corrected chi connectivity index (χ3v) is 3.48. The number of nitrogens with two attached hydrogens (primary N) is 1. The lowest BCUT2D eigenvalue weighted by Crippen LogP contribution is -2.02. The van der Waals surface area contributed by atoms with Crippen molar-refractivity contribution < 1.29 is 0 Å². The molecule has 2 aromatic rings. The first-order valence-electron chi connectivity index (χ1n) is 5.21. The number of nitrogens with zero attached hydrogens (tertiary/aromatic N) is 1. The average molecular weight is 279 g/mol. The van der Waals surface area contributed by atoms with Gasteiger partial charge in [-0.05, 0) is 66.5 Å². The van der Waals surface area contributed by atoms with Crippen LogP contribution in [0.5, 0.6) is 0 Å². The summed E-state index contributed by atoms with van der Waals surface area (Å²) in [5.41, 5.74) is 11.4. The van der Waals surface area contributed by atoms with Gasteiger partial charge in [-0.3, -0.25) is 0 Å². The molecule has 0 saturated heterocycles. The van der Waals surface area contributed by atoms with Crippen molar-refractivity contribution in [3.8, 4) is 5.69 Å². The van der Waals surface area contributed by atoms with Gasteiger partial charge in [0.15, 0.2) is 0 Å². The Morgan fingerprint density at radius 2 is 1.62 bits per heavy atom. The van der Waals surface area contributed by atoms with Crippen molar-refractivity contribution in [2.75, 3.05) is 5.73 Å². The predicted molar refractivity (Wildman–Crippen MR) is 72.1 cm³/mol. The highest BCUT2D eigenvalue weighted by Gasteiger charge is 2.09. The Morgan fingerprint density at radius 1 is 1.06 bits per heavy atom. The molecule has 84 valence electrons. The fourth-order valence-electron chi connectivity index (χ4n) is 1.90. The van der Waals surface area contributed by atoms with Gasteiger partial charge < -0.3 is 10.3 Å². The zero-order valence-electron chi connectivity index (χ0n) is 9.71. The SMILES string of the molecule is Cc1cc(Br)c(-n2c(C)ccc2C)cc1N. The summed E-state index contributed by atoms with van der Waals surface area (Å²) < 4.78 is 3.27. The van der Waals surface area contributed by atoms with E-state index in [9.17, 15) is 0 Å². The Hall–Kier alpha value is -1.22. The summed E-state index contributed by atoms with van der Waals surface area (Å²) in [6.45, 7) is 6.20. The second kappa shape index (κ2) is 3.98. The van der Waals surface area contributed by atoms with Crippen LogP contribution < -0.4 is 5.73 Å². The van der Waals surface area contributed by atoms with Gasteiger partial charge in [0.05, 0.1) is 5.69 Å². The predicted octanol–water partition coefficient (Wildman–Crippen LogP) is 3.75. The zero-order chi connectivity index (χ0) is 11.9. The zero-order valence-corrected chi connectivity index (χ0v) is 11.3. The van der Waals surface area contributed by atoms with Crippen molar-refractivity contribution in [1.82, 2.24) is 4.57 Å². The van der Waals surface area contributed by atoms with Crippen LogP contribution in [0.15, 0.2) is 28.7 Å². The molecule has 16 heavy (non-hydrogen) atoms. The Labute approximate surface area is 104 Å². The lowest BCUT2D eigenvalue weighted by Gasteiger charge is -2.13. The topological polar surface area (TPSA) is 30.9 Å². The van der Waals surface area contributed by atoms with Crippen LogP contribution in [0.3, 0.4) is 0 Å². The Kier molecular flexibility index (Phi) is 2.80. The first kappa shape index (κ1) is 11.3. The normalized spacial score (nSPS) is 10.8. The molecule has 0 fully saturated rings. The van der Waals surface area contributed by atoms with Crippen LogP contribution in [0.4, 0.5) is 5.69 Å². The van der Waals surface area contributed by atoms with E-state index in [4.69, 9.17) is 5.73 Å². The summed E-state index contributed by atoms with van der Waals surface area (Å²) in [4.78, 5) is 0. The minimum Gasteiger partial charge on any atom is -0.398 e. The van der Waals surface area contributed by atoms with Crippen LogP contribution in [0.1, 0.15) is 17.0 Å². The third kappa shape index (κ3) is 1.76. The van der Waals surface area contributed by atoms with E-state index in [2.05, 4.69) is 52.5 Å². The highest BCUT2D eigenvalue weighted by Crippen LogP contribution is 2.28. The molecule has 0 saturated carbocycles. The van der Waals surface area contributed by atoms with Gasteiger partial charge >= 0.3 is 0 Å². The van der Waals surface area contributed by atoms with E-state index < -0.39 is 0 Å². The number of halogens is 1. The highest BCUT2D eigenvalue weighted by molar-refractivity contribution is 9.10. The molecule has 0 atom stereocenters. The molecule has 0 spiro atoms. The molecule has 2 rings (SSSR count). The van der Waals surface area contributed by atoms with Crippen LogP contribution >= 0.6 is 15.9 Å². The van der Waals surface area contributed by atoms with E-state index in [1.807, 2.05) is 13.0 Å². The van der Waals surface area contributed by atoms with E-state index in [1.165, 1.54) is 11.4 Å². The van der Waals surface area contributed by atoms with Crippen molar-refractivity contribution in [2.24, 2.45) is 0 Å². The second-order valence-electron chi connectivity index (χ2n) is 4.11. The summed E-state index contributed by atoms with van der Waals surface area (Å²) in [5, 5.41) is 0. The van der Waals surface area contributed by atoms with Crippen molar-refractivity contribution in [2.45, 2.75) is 20.8 Å². The molecular weight excluding hydrogens is 264 g/mol. The van der Waals surface area contributed by atoms with Crippen LogP contribution in [-0.2, 0) is 0 Å². The molecule has 1 heterocycles. The monoisotopic (exact) mass is 278 g/mol. The molecule has 0 radical (unpaired) electrons. The first-order chi connectivity index (χ1) is 7.50. The standard InChI is InChI=1S/C13H15BrN2/c1-8-6-11(14)13(7-12(8)15)16-9(2)4-5-10(16)3/h4-7H,15H2,1-3H3. The largest absolute Gasteiger partial charge is 0.398 e. The van der Waals surface area contributed by atoms with Crippen LogP contribution in [0, 0.1) is 20.8 Å². The lowest BCUT2D eigenvalue weighted by atomic mass is 10.2. The number of aromatic nitrogens is 1. The summed E-state index contributed by atoms with van der Waals surface area (Å²) in [5.74, 6) is 0. The van der Waals surface area contributed by atoms with Crippen molar-refractivity contribution in [3.05, 3.63) is 45.7 Å². The number of anilines is 1. The van der Waals surface area contributed by atoms with E-state index in [0.29, 0.717) is 0 Å². The summed E-state index contributed by atoms with van der Waals surface area (Å²) in [6, 6.07) is 8.29. The second-order valence-corrected chi connectivity index (χ2v) is 4.97. The number of aryl methyl sites for hydroxylation is 3. The van der Waals surface area contributed by atoms with Gasteiger partial charge in [-0.1, -0.05) is 0 Å². The van der Waals surface area contributed by atoms with Gasteiger partial charge in [-0.2, -0.15) is 0 Å². The summed E-state index contributed by atoms with van der Waals surface area (Å²) in [6.07, 6.45) is 0. The van der Waals surface area contributed by atoms with Crippen LogP contribution in [0.2, 0.25) is 0 Å². The van der Waals surface area contributed by atoms with Crippen molar-refractivity contribution >= 4 is 21.6 Å². The van der Waals surface area contributed by atoms with Gasteiger partial charge in [0.25, 0.3) is 0 Å². The van der Waals surface area contributed by atoms with Crippen molar-refractivity contribution in [1.29, 1.82) is 0 Å². The van der Waals surface area contributed by atoms with Gasteiger partial charge in [-0.15, -0.1) is 0 Å². The smallest absolute Gasteiger partial charge is 0.0617 e. The van der Waals surface area contributed by atoms with Gasteiger partial charge in [-0.25, -0.2) is 0 Å². The number of hydrogen-bond donors (Lipinski definition) is 1. The molecule has 0 amide bonds. The molecule has 2 N–H and O–H groups in total. The number of rotatable bonds is 1. The molecule has 0 aliphatic rings. The van der Waals surface area contributed by atoms with Crippen LogP contribution in [-0.4, -0.2) is 4.57 Å². The highest BCUT2D eigenvalue weighted by atomic mass is 79.9. The average Bonchev–Trinajstić information content (AvgIpc) is 2.53. The van der Waals surface area contributed by atoms with Crippen molar-refractivity contribution in [3.63, 3.8) is 0 Å². The molecule has 3 heteroatoms. The van der Waals surface area contributed by atoms with Gasteiger partial charge in [0, 0.05) is 21.5 Å². The maximum atomic E-state index is 5.96. The minimum absolute atomic E-state index is 0.825.